The lowest BCUT2D eigenvalue weighted by molar-refractivity contribution is -0.0203. The predicted molar refractivity (Wildman–Crippen MR) is 60.6 cm³/mol. The topological polar surface area (TPSA) is 38.3 Å². The Balaban J connectivity index is 2.12. The molecule has 84 valence electrons. The van der Waals surface area contributed by atoms with E-state index >= 15 is 0 Å². The van der Waals surface area contributed by atoms with Crippen molar-refractivity contribution in [3.8, 4) is 0 Å². The number of piperidine rings is 1. The molecule has 1 saturated heterocycles. The molecule has 0 amide bonds. The number of halogens is 1. The highest BCUT2D eigenvalue weighted by Gasteiger charge is 2.46. The normalized spacial score (nSPS) is 27.9. The summed E-state index contributed by atoms with van der Waals surface area (Å²) in [4.78, 5) is 11.8. The second-order valence-electron chi connectivity index (χ2n) is 4.35. The number of rotatable bonds is 0. The molecule has 1 N–H and O–H groups in total. The van der Waals surface area contributed by atoms with Gasteiger partial charge in [-0.25, -0.2) is 4.79 Å². The number of esters is 1. The first-order valence-electron chi connectivity index (χ1n) is 5.45. The van der Waals surface area contributed by atoms with Gasteiger partial charge in [-0.05, 0) is 37.6 Å². The molecular formula is C12H12ClNO2. The molecule has 4 heteroatoms. The minimum atomic E-state index is -0.477. The number of fused-ring (bicyclic) bond motifs is 2. The maximum Gasteiger partial charge on any atom is 0.339 e. The highest BCUT2D eigenvalue weighted by molar-refractivity contribution is 6.30. The Bertz CT molecular complexity index is 452. The molecule has 16 heavy (non-hydrogen) atoms. The summed E-state index contributed by atoms with van der Waals surface area (Å²) >= 11 is 5.99. The summed E-state index contributed by atoms with van der Waals surface area (Å²) in [6.45, 7) is 1.67. The lowest BCUT2D eigenvalue weighted by Crippen LogP contribution is -2.43. The molecule has 1 atom stereocenters. The Morgan fingerprint density at radius 1 is 1.44 bits per heavy atom. The van der Waals surface area contributed by atoms with Gasteiger partial charge in [0.05, 0.1) is 5.56 Å². The second-order valence-corrected chi connectivity index (χ2v) is 4.79. The molecule has 0 saturated carbocycles. The average molecular weight is 238 g/mol. The molecule has 1 fully saturated rings. The van der Waals surface area contributed by atoms with Gasteiger partial charge in [0.25, 0.3) is 0 Å². The van der Waals surface area contributed by atoms with Crippen molar-refractivity contribution >= 4 is 17.6 Å². The van der Waals surface area contributed by atoms with Crippen LogP contribution in [-0.2, 0) is 10.3 Å². The Morgan fingerprint density at radius 2 is 2.31 bits per heavy atom. The molecule has 1 unspecified atom stereocenters. The van der Waals surface area contributed by atoms with Gasteiger partial charge >= 0.3 is 5.97 Å². The van der Waals surface area contributed by atoms with Crippen molar-refractivity contribution in [2.24, 2.45) is 0 Å². The van der Waals surface area contributed by atoms with Crippen molar-refractivity contribution in [1.82, 2.24) is 5.32 Å². The summed E-state index contributed by atoms with van der Waals surface area (Å²) < 4.78 is 5.56. The standard InChI is InChI=1S/C12H12ClNO2/c13-8-2-3-9-10(6-8)12(16-11(9)15)4-1-5-14-7-12/h2-3,6,14H,1,4-5,7H2. The summed E-state index contributed by atoms with van der Waals surface area (Å²) in [5.74, 6) is -0.227. The Morgan fingerprint density at radius 3 is 3.06 bits per heavy atom. The van der Waals surface area contributed by atoms with Crippen LogP contribution < -0.4 is 5.32 Å². The monoisotopic (exact) mass is 237 g/mol. The maximum atomic E-state index is 11.8. The van der Waals surface area contributed by atoms with Gasteiger partial charge in [-0.2, -0.15) is 0 Å². The second kappa shape index (κ2) is 3.47. The lowest BCUT2D eigenvalue weighted by atomic mass is 9.86. The summed E-state index contributed by atoms with van der Waals surface area (Å²) in [7, 11) is 0. The number of ether oxygens (including phenoxy) is 1. The molecule has 0 radical (unpaired) electrons. The largest absolute Gasteiger partial charge is 0.449 e. The summed E-state index contributed by atoms with van der Waals surface area (Å²) in [5.41, 5.74) is 1.13. The number of nitrogens with one attached hydrogen (secondary N) is 1. The van der Waals surface area contributed by atoms with E-state index < -0.39 is 5.60 Å². The quantitative estimate of drug-likeness (QED) is 0.703. The van der Waals surface area contributed by atoms with Gasteiger partial charge < -0.3 is 10.1 Å². The number of hydrogen-bond acceptors (Lipinski definition) is 3. The van der Waals surface area contributed by atoms with E-state index in [-0.39, 0.29) is 5.97 Å². The van der Waals surface area contributed by atoms with E-state index in [0.29, 0.717) is 17.1 Å². The number of hydrogen-bond donors (Lipinski definition) is 1. The Hall–Kier alpha value is -1.06. The Labute approximate surface area is 98.7 Å². The lowest BCUT2D eigenvalue weighted by Gasteiger charge is -2.33. The minimum absolute atomic E-state index is 0.227. The Kier molecular flexibility index (Phi) is 2.19. The van der Waals surface area contributed by atoms with E-state index in [1.54, 1.807) is 12.1 Å². The van der Waals surface area contributed by atoms with Crippen LogP contribution in [0, 0.1) is 0 Å². The molecule has 1 spiro atoms. The first-order valence-corrected chi connectivity index (χ1v) is 5.83. The molecule has 1 aromatic carbocycles. The zero-order chi connectivity index (χ0) is 11.2. The number of benzene rings is 1. The number of carbonyl (C=O) groups is 1. The first kappa shape index (κ1) is 10.1. The first-order chi connectivity index (χ1) is 7.71. The molecule has 0 aliphatic carbocycles. The van der Waals surface area contributed by atoms with E-state index in [0.717, 1.165) is 24.9 Å². The van der Waals surface area contributed by atoms with Crippen LogP contribution in [0.25, 0.3) is 0 Å². The van der Waals surface area contributed by atoms with Gasteiger partial charge in [-0.15, -0.1) is 0 Å². The number of carbonyl (C=O) groups excluding carboxylic acids is 1. The van der Waals surface area contributed by atoms with Crippen molar-refractivity contribution in [2.45, 2.75) is 18.4 Å². The van der Waals surface area contributed by atoms with E-state index in [9.17, 15) is 4.79 Å². The third-order valence-electron chi connectivity index (χ3n) is 3.33. The zero-order valence-electron chi connectivity index (χ0n) is 8.75. The van der Waals surface area contributed by atoms with E-state index in [4.69, 9.17) is 16.3 Å². The molecule has 0 bridgehead atoms. The third kappa shape index (κ3) is 1.35. The van der Waals surface area contributed by atoms with Crippen LogP contribution >= 0.6 is 11.6 Å². The van der Waals surface area contributed by atoms with Crippen LogP contribution in [0.15, 0.2) is 18.2 Å². The van der Waals surface area contributed by atoms with Gasteiger partial charge in [-0.1, -0.05) is 11.6 Å². The van der Waals surface area contributed by atoms with Crippen molar-refractivity contribution in [3.05, 3.63) is 34.3 Å². The average Bonchev–Trinajstić information content (AvgIpc) is 2.53. The van der Waals surface area contributed by atoms with Crippen LogP contribution in [0.3, 0.4) is 0 Å². The van der Waals surface area contributed by atoms with E-state index in [1.165, 1.54) is 0 Å². The van der Waals surface area contributed by atoms with Crippen LogP contribution in [0.1, 0.15) is 28.8 Å². The predicted octanol–water partition coefficient (Wildman–Crippen LogP) is 2.09. The van der Waals surface area contributed by atoms with Crippen LogP contribution in [0.4, 0.5) is 0 Å². The summed E-state index contributed by atoms with van der Waals surface area (Å²) in [5, 5.41) is 3.93. The molecule has 3 nitrogen and oxygen atoms in total. The van der Waals surface area contributed by atoms with Gasteiger partial charge in [-0.3, -0.25) is 0 Å². The smallest absolute Gasteiger partial charge is 0.339 e. The van der Waals surface area contributed by atoms with Crippen molar-refractivity contribution < 1.29 is 9.53 Å². The molecule has 0 aromatic heterocycles. The van der Waals surface area contributed by atoms with Crippen LogP contribution in [0.2, 0.25) is 5.02 Å². The maximum absolute atomic E-state index is 11.8. The van der Waals surface area contributed by atoms with Gasteiger partial charge in [0.1, 0.15) is 0 Å². The molecule has 2 aliphatic rings. The fourth-order valence-electron chi connectivity index (χ4n) is 2.55. The molecule has 2 heterocycles. The van der Waals surface area contributed by atoms with Crippen LogP contribution in [-0.4, -0.2) is 19.1 Å². The van der Waals surface area contributed by atoms with Gasteiger partial charge in [0.2, 0.25) is 0 Å². The third-order valence-corrected chi connectivity index (χ3v) is 3.56. The van der Waals surface area contributed by atoms with Crippen molar-refractivity contribution in [2.75, 3.05) is 13.1 Å². The van der Waals surface area contributed by atoms with Crippen molar-refractivity contribution in [3.63, 3.8) is 0 Å². The minimum Gasteiger partial charge on any atom is -0.449 e. The highest BCUT2D eigenvalue weighted by atomic mass is 35.5. The molecule has 1 aromatic rings. The molecule has 3 rings (SSSR count). The SMILES string of the molecule is O=C1OC2(CCCNC2)c2cc(Cl)ccc21. The highest BCUT2D eigenvalue weighted by Crippen LogP contribution is 2.41. The van der Waals surface area contributed by atoms with Crippen molar-refractivity contribution in [1.29, 1.82) is 0 Å². The van der Waals surface area contributed by atoms with Gasteiger partial charge in [0.15, 0.2) is 5.60 Å². The van der Waals surface area contributed by atoms with Gasteiger partial charge in [0, 0.05) is 17.1 Å². The summed E-state index contributed by atoms with van der Waals surface area (Å²) in [6, 6.07) is 5.34. The molecule has 2 aliphatic heterocycles. The zero-order valence-corrected chi connectivity index (χ0v) is 9.51. The fourth-order valence-corrected chi connectivity index (χ4v) is 2.73. The summed E-state index contributed by atoms with van der Waals surface area (Å²) in [6.07, 6.45) is 1.89. The van der Waals surface area contributed by atoms with E-state index in [2.05, 4.69) is 5.32 Å². The fraction of sp³-hybridized carbons (Fsp3) is 0.417. The molecular weight excluding hydrogens is 226 g/mol. The van der Waals surface area contributed by atoms with E-state index in [1.807, 2.05) is 6.07 Å². The van der Waals surface area contributed by atoms with Crippen LogP contribution in [0.5, 0.6) is 0 Å².